The lowest BCUT2D eigenvalue weighted by atomic mass is 10.2. The Labute approximate surface area is 114 Å². The fourth-order valence-corrected chi connectivity index (χ4v) is 1.61. The van der Waals surface area contributed by atoms with Crippen molar-refractivity contribution in [2.75, 3.05) is 5.32 Å². The number of alkyl halides is 3. The molecule has 2 N–H and O–H groups in total. The molecular weight excluding hydrogens is 275 g/mol. The highest BCUT2D eigenvalue weighted by Crippen LogP contribution is 2.24. The van der Waals surface area contributed by atoms with E-state index in [4.69, 9.17) is 5.11 Å². The first-order chi connectivity index (χ1) is 9.10. The van der Waals surface area contributed by atoms with Gasteiger partial charge in [-0.25, -0.2) is 14.8 Å². The van der Waals surface area contributed by atoms with Crippen LogP contribution in [0, 0.1) is 0 Å². The third kappa shape index (κ3) is 4.67. The van der Waals surface area contributed by atoms with E-state index in [0.29, 0.717) is 5.82 Å². The predicted molar refractivity (Wildman–Crippen MR) is 66.8 cm³/mol. The molecule has 0 saturated carbocycles. The van der Waals surface area contributed by atoms with Crippen LogP contribution in [0.4, 0.5) is 18.9 Å². The van der Waals surface area contributed by atoms with Gasteiger partial charge in [-0.2, -0.15) is 13.2 Å². The van der Waals surface area contributed by atoms with Gasteiger partial charge >= 0.3 is 12.1 Å². The molecule has 0 aromatic carbocycles. The molecule has 0 aliphatic carbocycles. The highest BCUT2D eigenvalue weighted by atomic mass is 19.4. The number of carbonyl (C=O) groups is 1. The van der Waals surface area contributed by atoms with Crippen LogP contribution in [0.1, 0.15) is 49.4 Å². The molecule has 112 valence electrons. The van der Waals surface area contributed by atoms with Gasteiger partial charge in [0.1, 0.15) is 5.82 Å². The fourth-order valence-electron chi connectivity index (χ4n) is 1.61. The standard InChI is InChI=1S/C12H16F3N3O2/c1-6(2)10-16-5-8(9(18-10)11(19)20)17-7(3)4-12(13,14)15/h5-7,17H,4H2,1-3H3,(H,19,20). The highest BCUT2D eigenvalue weighted by Gasteiger charge is 2.30. The zero-order chi connectivity index (χ0) is 15.5. The summed E-state index contributed by atoms with van der Waals surface area (Å²) in [5, 5.41) is 11.6. The first kappa shape index (κ1) is 16.2. The second-order valence-corrected chi connectivity index (χ2v) is 4.82. The smallest absolute Gasteiger partial charge is 0.391 e. The minimum absolute atomic E-state index is 0.0151. The van der Waals surface area contributed by atoms with E-state index in [-0.39, 0.29) is 17.3 Å². The number of halogens is 3. The van der Waals surface area contributed by atoms with E-state index < -0.39 is 24.6 Å². The van der Waals surface area contributed by atoms with Crippen molar-refractivity contribution in [1.82, 2.24) is 9.97 Å². The van der Waals surface area contributed by atoms with Gasteiger partial charge < -0.3 is 10.4 Å². The number of carboxylic acid groups (broad SMARTS) is 1. The Hall–Kier alpha value is -1.86. The molecular formula is C12H16F3N3O2. The number of nitrogens with zero attached hydrogens (tertiary/aromatic N) is 2. The summed E-state index contributed by atoms with van der Waals surface area (Å²) >= 11 is 0. The predicted octanol–water partition coefficient (Wildman–Crippen LogP) is 3.05. The van der Waals surface area contributed by atoms with Gasteiger partial charge in [0.25, 0.3) is 0 Å². The molecule has 0 aliphatic rings. The maximum Gasteiger partial charge on any atom is 0.391 e. The van der Waals surface area contributed by atoms with Crippen LogP contribution in [0.15, 0.2) is 6.20 Å². The second-order valence-electron chi connectivity index (χ2n) is 4.82. The van der Waals surface area contributed by atoms with Crippen LogP contribution in [-0.4, -0.2) is 33.3 Å². The topological polar surface area (TPSA) is 75.1 Å². The quantitative estimate of drug-likeness (QED) is 0.872. The molecule has 0 amide bonds. The Morgan fingerprint density at radius 2 is 2.00 bits per heavy atom. The summed E-state index contributed by atoms with van der Waals surface area (Å²) < 4.78 is 36.8. The molecule has 0 spiro atoms. The molecule has 1 aromatic heterocycles. The molecule has 1 heterocycles. The highest BCUT2D eigenvalue weighted by molar-refractivity contribution is 5.91. The largest absolute Gasteiger partial charge is 0.476 e. The maximum atomic E-state index is 12.3. The summed E-state index contributed by atoms with van der Waals surface area (Å²) in [6.07, 6.45) is -4.19. The zero-order valence-electron chi connectivity index (χ0n) is 11.3. The molecule has 1 rings (SSSR count). The fraction of sp³-hybridized carbons (Fsp3) is 0.583. The van der Waals surface area contributed by atoms with E-state index in [1.165, 1.54) is 13.1 Å². The number of nitrogens with one attached hydrogen (secondary N) is 1. The lowest BCUT2D eigenvalue weighted by Gasteiger charge is -2.18. The SMILES string of the molecule is CC(CC(F)(F)F)Nc1cnc(C(C)C)nc1C(=O)O. The zero-order valence-corrected chi connectivity index (χ0v) is 11.3. The van der Waals surface area contributed by atoms with Crippen molar-refractivity contribution in [3.8, 4) is 0 Å². The third-order valence-electron chi connectivity index (χ3n) is 2.47. The van der Waals surface area contributed by atoms with Crippen molar-refractivity contribution >= 4 is 11.7 Å². The van der Waals surface area contributed by atoms with Crippen molar-refractivity contribution in [3.63, 3.8) is 0 Å². The molecule has 1 aromatic rings. The Balaban J connectivity index is 2.97. The third-order valence-corrected chi connectivity index (χ3v) is 2.47. The Kier molecular flexibility index (Phi) is 4.91. The molecule has 0 bridgehead atoms. The van der Waals surface area contributed by atoms with E-state index in [1.807, 2.05) is 0 Å². The van der Waals surface area contributed by atoms with Crippen molar-refractivity contribution in [3.05, 3.63) is 17.7 Å². The van der Waals surface area contributed by atoms with E-state index in [0.717, 1.165) is 0 Å². The maximum absolute atomic E-state index is 12.3. The minimum Gasteiger partial charge on any atom is -0.476 e. The summed E-state index contributed by atoms with van der Waals surface area (Å²) in [5.41, 5.74) is -0.337. The van der Waals surface area contributed by atoms with Crippen LogP contribution >= 0.6 is 0 Å². The van der Waals surface area contributed by atoms with Gasteiger partial charge in [0.05, 0.1) is 18.3 Å². The number of hydrogen-bond donors (Lipinski definition) is 2. The van der Waals surface area contributed by atoms with E-state index in [9.17, 15) is 18.0 Å². The number of rotatable bonds is 5. The van der Waals surface area contributed by atoms with Crippen molar-refractivity contribution in [2.24, 2.45) is 0 Å². The molecule has 0 aliphatic heterocycles. The summed E-state index contributed by atoms with van der Waals surface area (Å²) in [6, 6.07) is -0.971. The van der Waals surface area contributed by atoms with Gasteiger partial charge in [0.15, 0.2) is 5.69 Å². The van der Waals surface area contributed by atoms with Crippen LogP contribution in [0.3, 0.4) is 0 Å². The molecule has 0 radical (unpaired) electrons. The Morgan fingerprint density at radius 3 is 2.45 bits per heavy atom. The molecule has 0 fully saturated rings. The van der Waals surface area contributed by atoms with Gasteiger partial charge in [-0.05, 0) is 6.92 Å². The van der Waals surface area contributed by atoms with Gasteiger partial charge in [0.2, 0.25) is 0 Å². The monoisotopic (exact) mass is 291 g/mol. The second kappa shape index (κ2) is 6.06. The lowest BCUT2D eigenvalue weighted by molar-refractivity contribution is -0.136. The normalized spacial score (nSPS) is 13.3. The van der Waals surface area contributed by atoms with Crippen molar-refractivity contribution in [1.29, 1.82) is 0 Å². The number of aromatic carboxylic acids is 1. The molecule has 20 heavy (non-hydrogen) atoms. The average Bonchev–Trinajstić information content (AvgIpc) is 2.25. The molecule has 8 heteroatoms. The van der Waals surface area contributed by atoms with Crippen LogP contribution in [0.2, 0.25) is 0 Å². The summed E-state index contributed by atoms with van der Waals surface area (Å²) in [5.74, 6) is -1.05. The minimum atomic E-state index is -4.32. The summed E-state index contributed by atoms with van der Waals surface area (Å²) in [7, 11) is 0. The number of aromatic nitrogens is 2. The molecule has 1 unspecified atom stereocenters. The molecule has 0 saturated heterocycles. The van der Waals surface area contributed by atoms with Crippen molar-refractivity contribution < 1.29 is 23.1 Å². The van der Waals surface area contributed by atoms with Crippen LogP contribution in [0.25, 0.3) is 0 Å². The summed E-state index contributed by atoms with van der Waals surface area (Å²) in [6.45, 7) is 4.90. The number of carboxylic acids is 1. The van der Waals surface area contributed by atoms with Gasteiger partial charge in [-0.15, -0.1) is 0 Å². The van der Waals surface area contributed by atoms with Crippen LogP contribution in [0.5, 0.6) is 0 Å². The average molecular weight is 291 g/mol. The number of hydrogen-bond acceptors (Lipinski definition) is 4. The van der Waals surface area contributed by atoms with Crippen molar-refractivity contribution in [2.45, 2.75) is 45.3 Å². The van der Waals surface area contributed by atoms with E-state index in [2.05, 4.69) is 15.3 Å². The Morgan fingerprint density at radius 1 is 1.40 bits per heavy atom. The first-order valence-corrected chi connectivity index (χ1v) is 6.03. The molecule has 5 nitrogen and oxygen atoms in total. The van der Waals surface area contributed by atoms with E-state index >= 15 is 0 Å². The van der Waals surface area contributed by atoms with Crippen LogP contribution in [-0.2, 0) is 0 Å². The van der Waals surface area contributed by atoms with Gasteiger partial charge in [0, 0.05) is 12.0 Å². The van der Waals surface area contributed by atoms with Gasteiger partial charge in [-0.1, -0.05) is 13.8 Å². The summed E-state index contributed by atoms with van der Waals surface area (Å²) in [4.78, 5) is 18.9. The first-order valence-electron chi connectivity index (χ1n) is 6.03. The lowest BCUT2D eigenvalue weighted by Crippen LogP contribution is -2.25. The number of anilines is 1. The van der Waals surface area contributed by atoms with Crippen LogP contribution < -0.4 is 5.32 Å². The van der Waals surface area contributed by atoms with Gasteiger partial charge in [-0.3, -0.25) is 0 Å². The molecule has 1 atom stereocenters. The van der Waals surface area contributed by atoms with E-state index in [1.54, 1.807) is 13.8 Å². The Bertz CT molecular complexity index is 489.